The highest BCUT2D eigenvalue weighted by atomic mass is 16.1. The Morgan fingerprint density at radius 3 is 2.71 bits per heavy atom. The normalized spacial score (nSPS) is 10.2. The van der Waals surface area contributed by atoms with Gasteiger partial charge in [0.2, 0.25) is 5.91 Å². The zero-order valence-electron chi connectivity index (χ0n) is 8.58. The molecule has 0 saturated heterocycles. The van der Waals surface area contributed by atoms with Crippen LogP contribution in [0.1, 0.15) is 23.1 Å². The fourth-order valence-corrected chi connectivity index (χ4v) is 1.18. The fraction of sp³-hybridized carbons (Fsp3) is 0.364. The lowest BCUT2D eigenvalue weighted by atomic mass is 10.1. The molecule has 3 nitrogen and oxygen atoms in total. The lowest BCUT2D eigenvalue weighted by Gasteiger charge is -2.08. The molecule has 0 saturated carbocycles. The van der Waals surface area contributed by atoms with Crippen molar-refractivity contribution < 1.29 is 7.65 Å². The summed E-state index contributed by atoms with van der Waals surface area (Å²) < 4.78 is 0. The molecule has 0 aliphatic carbocycles. The van der Waals surface area contributed by atoms with Crippen LogP contribution in [0, 0.1) is 5.92 Å². The Balaban J connectivity index is 0. The van der Waals surface area contributed by atoms with E-state index < -0.39 is 0 Å². The maximum Gasteiger partial charge on any atom is 0.224 e. The molecule has 1 aromatic rings. The van der Waals surface area contributed by atoms with E-state index in [1.807, 2.05) is 26.0 Å². The van der Waals surface area contributed by atoms with Crippen LogP contribution in [0.25, 0.3) is 0 Å². The first-order valence-corrected chi connectivity index (χ1v) is 4.74. The van der Waals surface area contributed by atoms with Gasteiger partial charge in [0.05, 0.1) is 11.4 Å². The van der Waals surface area contributed by atoms with Crippen molar-refractivity contribution in [3.8, 4) is 0 Å². The smallest absolute Gasteiger partial charge is 0.224 e. The molecule has 0 aromatic heterocycles. The van der Waals surface area contributed by atoms with Gasteiger partial charge in [0.15, 0.2) is 0 Å². The summed E-state index contributed by atoms with van der Waals surface area (Å²) in [6.07, 6.45) is 0.522. The molecule has 1 aromatic carbocycles. The predicted molar refractivity (Wildman–Crippen MR) is 63.2 cm³/mol. The van der Waals surface area contributed by atoms with Crippen LogP contribution in [-0.4, -0.2) is 5.91 Å². The van der Waals surface area contributed by atoms with Crippen LogP contribution in [0.4, 0.5) is 11.4 Å². The first-order chi connectivity index (χ1) is 6.59. The Kier molecular flexibility index (Phi) is 3.51. The largest absolute Gasteiger partial charge is 0.397 e. The second-order valence-corrected chi connectivity index (χ2v) is 3.73. The summed E-state index contributed by atoms with van der Waals surface area (Å²) in [7, 11) is 0. The first kappa shape index (κ1) is 10.6. The van der Waals surface area contributed by atoms with Gasteiger partial charge >= 0.3 is 0 Å². The number of nitrogen functional groups attached to an aromatic ring is 1. The van der Waals surface area contributed by atoms with Gasteiger partial charge in [0.25, 0.3) is 0 Å². The van der Waals surface area contributed by atoms with E-state index in [1.54, 1.807) is 12.1 Å². The number of carbonyl (C=O) groups excluding carboxylic acids is 1. The lowest BCUT2D eigenvalue weighted by molar-refractivity contribution is -0.116. The first-order valence-electron chi connectivity index (χ1n) is 4.74. The summed E-state index contributed by atoms with van der Waals surface area (Å²) in [4.78, 5) is 11.4. The van der Waals surface area contributed by atoms with Crippen LogP contribution in [0.3, 0.4) is 0 Å². The van der Waals surface area contributed by atoms with Gasteiger partial charge in [-0.2, -0.15) is 0 Å². The molecule has 0 atom stereocenters. The standard InChI is InChI=1S/C11H16N2O.2H2/c1-8(2)7-11(14)13-10-6-4-3-5-9(10)12;;/h3-6,8H,7,12H2,1-2H3,(H,13,14);2*1H. The van der Waals surface area contributed by atoms with E-state index in [4.69, 9.17) is 5.73 Å². The minimum absolute atomic E-state index is 0. The number of nitrogens with one attached hydrogen (secondary N) is 1. The lowest BCUT2D eigenvalue weighted by Crippen LogP contribution is -2.14. The maximum absolute atomic E-state index is 11.4. The van der Waals surface area contributed by atoms with E-state index in [1.165, 1.54) is 0 Å². The van der Waals surface area contributed by atoms with E-state index in [-0.39, 0.29) is 8.76 Å². The van der Waals surface area contributed by atoms with Gasteiger partial charge in [-0.3, -0.25) is 4.79 Å². The summed E-state index contributed by atoms with van der Waals surface area (Å²) >= 11 is 0. The van der Waals surface area contributed by atoms with Gasteiger partial charge in [0.1, 0.15) is 0 Å². The molecular formula is C11H20N2O. The average Bonchev–Trinajstić information content (AvgIpc) is 2.07. The Hall–Kier alpha value is -1.51. The second-order valence-electron chi connectivity index (χ2n) is 3.73. The molecule has 0 radical (unpaired) electrons. The van der Waals surface area contributed by atoms with Crippen molar-refractivity contribution in [3.05, 3.63) is 24.3 Å². The van der Waals surface area contributed by atoms with E-state index in [0.29, 0.717) is 23.7 Å². The predicted octanol–water partition coefficient (Wildman–Crippen LogP) is 2.75. The van der Waals surface area contributed by atoms with E-state index in [2.05, 4.69) is 5.32 Å². The van der Waals surface area contributed by atoms with Crippen molar-refractivity contribution in [1.29, 1.82) is 0 Å². The number of anilines is 2. The SMILES string of the molecule is CC(C)CC(=O)Nc1ccccc1N.[HH].[HH]. The van der Waals surface area contributed by atoms with Gasteiger partial charge in [-0.05, 0) is 18.1 Å². The molecule has 0 fully saturated rings. The van der Waals surface area contributed by atoms with Crippen LogP contribution in [0.5, 0.6) is 0 Å². The van der Waals surface area contributed by atoms with Gasteiger partial charge in [-0.1, -0.05) is 26.0 Å². The van der Waals surface area contributed by atoms with E-state index in [0.717, 1.165) is 0 Å². The molecule has 0 bridgehead atoms. The third-order valence-electron chi connectivity index (χ3n) is 1.83. The summed E-state index contributed by atoms with van der Waals surface area (Å²) in [5.74, 6) is 0.373. The number of hydrogen-bond acceptors (Lipinski definition) is 2. The molecular weight excluding hydrogens is 176 g/mol. The van der Waals surface area contributed by atoms with Crippen LogP contribution in [0.15, 0.2) is 24.3 Å². The minimum atomic E-state index is 0. The molecule has 0 unspecified atom stereocenters. The van der Waals surface area contributed by atoms with Crippen molar-refractivity contribution in [2.75, 3.05) is 11.1 Å². The van der Waals surface area contributed by atoms with Crippen molar-refractivity contribution in [2.24, 2.45) is 5.92 Å². The summed E-state index contributed by atoms with van der Waals surface area (Å²) in [5.41, 5.74) is 6.98. The quantitative estimate of drug-likeness (QED) is 0.730. The van der Waals surface area contributed by atoms with Crippen molar-refractivity contribution >= 4 is 17.3 Å². The molecule has 3 N–H and O–H groups in total. The van der Waals surface area contributed by atoms with Crippen molar-refractivity contribution in [3.63, 3.8) is 0 Å². The number of amides is 1. The number of benzene rings is 1. The highest BCUT2D eigenvalue weighted by molar-refractivity contribution is 5.93. The van der Waals surface area contributed by atoms with Crippen LogP contribution in [-0.2, 0) is 4.79 Å². The number of hydrogen-bond donors (Lipinski definition) is 2. The van der Waals surface area contributed by atoms with Gasteiger partial charge in [0, 0.05) is 9.27 Å². The third kappa shape index (κ3) is 3.09. The molecule has 80 valence electrons. The summed E-state index contributed by atoms with van der Waals surface area (Å²) in [6, 6.07) is 7.26. The maximum atomic E-state index is 11.4. The van der Waals surface area contributed by atoms with E-state index in [9.17, 15) is 4.79 Å². The molecule has 3 heteroatoms. The minimum Gasteiger partial charge on any atom is -0.397 e. The number of rotatable bonds is 3. The Morgan fingerprint density at radius 1 is 1.50 bits per heavy atom. The molecule has 1 amide bonds. The zero-order valence-corrected chi connectivity index (χ0v) is 8.58. The van der Waals surface area contributed by atoms with Gasteiger partial charge < -0.3 is 11.1 Å². The Labute approximate surface area is 87.3 Å². The average molecular weight is 196 g/mol. The molecule has 0 heterocycles. The number of carbonyl (C=O) groups is 1. The molecule has 14 heavy (non-hydrogen) atoms. The third-order valence-corrected chi connectivity index (χ3v) is 1.83. The summed E-state index contributed by atoms with van der Waals surface area (Å²) in [6.45, 7) is 4.02. The van der Waals surface area contributed by atoms with Crippen LogP contribution < -0.4 is 11.1 Å². The number of para-hydroxylation sites is 2. The zero-order chi connectivity index (χ0) is 10.6. The molecule has 0 spiro atoms. The van der Waals surface area contributed by atoms with Gasteiger partial charge in [-0.15, -0.1) is 0 Å². The van der Waals surface area contributed by atoms with Crippen molar-refractivity contribution in [1.82, 2.24) is 0 Å². The highest BCUT2D eigenvalue weighted by Crippen LogP contribution is 2.17. The van der Waals surface area contributed by atoms with Crippen LogP contribution in [0.2, 0.25) is 0 Å². The molecule has 0 aliphatic rings. The van der Waals surface area contributed by atoms with Crippen molar-refractivity contribution in [2.45, 2.75) is 20.3 Å². The summed E-state index contributed by atoms with van der Waals surface area (Å²) in [5, 5.41) is 2.78. The molecule has 0 aliphatic heterocycles. The Bertz CT molecular complexity index is 330. The fourth-order valence-electron chi connectivity index (χ4n) is 1.18. The topological polar surface area (TPSA) is 55.1 Å². The molecule has 1 rings (SSSR count). The number of nitrogens with two attached hydrogens (primary N) is 1. The monoisotopic (exact) mass is 196 g/mol. The van der Waals surface area contributed by atoms with Gasteiger partial charge in [-0.25, -0.2) is 0 Å². The van der Waals surface area contributed by atoms with E-state index >= 15 is 0 Å². The second kappa shape index (κ2) is 4.65. The highest BCUT2D eigenvalue weighted by Gasteiger charge is 2.06. The Morgan fingerprint density at radius 2 is 2.14 bits per heavy atom. The van der Waals surface area contributed by atoms with Crippen LogP contribution >= 0.6 is 0 Å².